The highest BCUT2D eigenvalue weighted by Gasteiger charge is 2.38. The predicted molar refractivity (Wildman–Crippen MR) is 37.1 cm³/mol. The number of alkyl halides is 1. The third-order valence-electron chi connectivity index (χ3n) is 1.88. The van der Waals surface area contributed by atoms with Gasteiger partial charge in [0.15, 0.2) is 0 Å². The van der Waals surface area contributed by atoms with Gasteiger partial charge in [0.25, 0.3) is 0 Å². The molecule has 0 aromatic rings. The smallest absolute Gasteiger partial charge is 0.235 e. The molecule has 2 atom stereocenters. The molecule has 2 aliphatic heterocycles. The molecule has 0 aromatic carbocycles. The Morgan fingerprint density at radius 1 is 1.70 bits per heavy atom. The van der Waals surface area contributed by atoms with Crippen LogP contribution in [0, 0.1) is 5.92 Å². The van der Waals surface area contributed by atoms with Gasteiger partial charge in [-0.05, 0) is 6.42 Å². The number of ether oxygens (including phenoxy) is 1. The van der Waals surface area contributed by atoms with Crippen LogP contribution in [0.2, 0.25) is 0 Å². The molecule has 0 radical (unpaired) electrons. The molecule has 0 aliphatic carbocycles. The van der Waals surface area contributed by atoms with E-state index in [4.69, 9.17) is 21.2 Å². The van der Waals surface area contributed by atoms with Gasteiger partial charge in [-0.15, -0.1) is 11.6 Å². The minimum atomic E-state index is -0.131. The Bertz CT molecular complexity index is 171. The maximum atomic E-state index is 5.61. The fourth-order valence-corrected chi connectivity index (χ4v) is 1.55. The molecule has 56 valence electrons. The Hall–Kier alpha value is -0.280. The predicted octanol–water partition coefficient (Wildman–Crippen LogP) is 0.974. The summed E-state index contributed by atoms with van der Waals surface area (Å²) in [7, 11) is 0. The van der Waals surface area contributed by atoms with Crippen LogP contribution in [-0.2, 0) is 9.57 Å². The minimum Gasteiger partial charge on any atom is -0.363 e. The van der Waals surface area contributed by atoms with Crippen molar-refractivity contribution in [1.29, 1.82) is 0 Å². The van der Waals surface area contributed by atoms with Gasteiger partial charge in [0.05, 0.1) is 24.1 Å². The first-order valence-corrected chi connectivity index (χ1v) is 3.85. The zero-order chi connectivity index (χ0) is 6.97. The van der Waals surface area contributed by atoms with Gasteiger partial charge < -0.3 is 9.57 Å². The lowest BCUT2D eigenvalue weighted by atomic mass is 10.0. The monoisotopic (exact) mass is 161 g/mol. The Kier molecular flexibility index (Phi) is 1.54. The van der Waals surface area contributed by atoms with Crippen LogP contribution in [0.1, 0.15) is 6.42 Å². The molecule has 2 aliphatic rings. The van der Waals surface area contributed by atoms with Crippen LogP contribution in [-0.4, -0.2) is 24.5 Å². The Labute approximate surface area is 63.9 Å². The van der Waals surface area contributed by atoms with Crippen LogP contribution >= 0.6 is 11.6 Å². The summed E-state index contributed by atoms with van der Waals surface area (Å²) in [6.45, 7) is 0.769. The molecule has 2 unspecified atom stereocenters. The van der Waals surface area contributed by atoms with Crippen LogP contribution in [0.4, 0.5) is 0 Å². The summed E-state index contributed by atoms with van der Waals surface area (Å²) in [6, 6.07) is 0. The summed E-state index contributed by atoms with van der Waals surface area (Å²) in [6.07, 6.45) is 0.865. The first-order chi connectivity index (χ1) is 4.92. The van der Waals surface area contributed by atoms with E-state index in [1.165, 1.54) is 0 Å². The zero-order valence-corrected chi connectivity index (χ0v) is 6.17. The van der Waals surface area contributed by atoms with E-state index in [0.717, 1.165) is 18.7 Å². The van der Waals surface area contributed by atoms with Crippen LogP contribution in [0.25, 0.3) is 0 Å². The quantitative estimate of drug-likeness (QED) is 0.537. The molecule has 2 heterocycles. The fraction of sp³-hybridized carbons (Fsp3) is 0.833. The number of fused-ring (bicyclic) bond motifs is 1. The second kappa shape index (κ2) is 2.40. The zero-order valence-electron chi connectivity index (χ0n) is 5.42. The average Bonchev–Trinajstić information content (AvgIpc) is 2.44. The second-order valence-electron chi connectivity index (χ2n) is 2.46. The van der Waals surface area contributed by atoms with Crippen molar-refractivity contribution >= 4 is 17.3 Å². The lowest BCUT2D eigenvalue weighted by Gasteiger charge is -2.04. The van der Waals surface area contributed by atoms with Crippen molar-refractivity contribution in [2.24, 2.45) is 11.1 Å². The third-order valence-corrected chi connectivity index (χ3v) is 2.15. The van der Waals surface area contributed by atoms with Crippen molar-refractivity contribution in [3.05, 3.63) is 0 Å². The molecule has 0 bridgehead atoms. The summed E-state index contributed by atoms with van der Waals surface area (Å²) in [5.41, 5.74) is 0.934. The maximum absolute atomic E-state index is 5.61. The largest absolute Gasteiger partial charge is 0.363 e. The van der Waals surface area contributed by atoms with E-state index >= 15 is 0 Å². The van der Waals surface area contributed by atoms with Crippen molar-refractivity contribution in [3.8, 4) is 0 Å². The molecule has 1 saturated heterocycles. The maximum Gasteiger partial charge on any atom is 0.235 e. The molecule has 0 amide bonds. The Morgan fingerprint density at radius 2 is 2.60 bits per heavy atom. The third kappa shape index (κ3) is 0.812. The van der Waals surface area contributed by atoms with Gasteiger partial charge in [-0.2, -0.15) is 0 Å². The number of nitrogens with zero attached hydrogens (tertiary/aromatic N) is 1. The van der Waals surface area contributed by atoms with E-state index in [0.29, 0.717) is 11.8 Å². The van der Waals surface area contributed by atoms with E-state index in [1.807, 2.05) is 0 Å². The van der Waals surface area contributed by atoms with E-state index in [-0.39, 0.29) is 6.29 Å². The first-order valence-electron chi connectivity index (χ1n) is 3.32. The normalized spacial score (nSPS) is 37.1. The van der Waals surface area contributed by atoms with Gasteiger partial charge in [-0.3, -0.25) is 0 Å². The highest BCUT2D eigenvalue weighted by molar-refractivity contribution is 6.29. The number of rotatable bonds is 1. The SMILES string of the molecule is ClCC1=NOC2OCCC12. The highest BCUT2D eigenvalue weighted by Crippen LogP contribution is 2.28. The van der Waals surface area contributed by atoms with Gasteiger partial charge in [0.1, 0.15) is 0 Å². The Morgan fingerprint density at radius 3 is 3.40 bits per heavy atom. The fourth-order valence-electron chi connectivity index (χ4n) is 1.30. The number of hydrogen-bond donors (Lipinski definition) is 0. The van der Waals surface area contributed by atoms with Crippen molar-refractivity contribution in [1.82, 2.24) is 0 Å². The Balaban J connectivity index is 2.10. The van der Waals surface area contributed by atoms with E-state index in [2.05, 4.69) is 5.16 Å². The summed E-state index contributed by atoms with van der Waals surface area (Å²) in [5.74, 6) is 0.794. The molecule has 0 spiro atoms. The summed E-state index contributed by atoms with van der Waals surface area (Å²) in [4.78, 5) is 4.96. The molecule has 0 N–H and O–H groups in total. The van der Waals surface area contributed by atoms with E-state index in [9.17, 15) is 0 Å². The van der Waals surface area contributed by atoms with Gasteiger partial charge in [0.2, 0.25) is 6.29 Å². The molecular weight excluding hydrogens is 154 g/mol. The summed E-state index contributed by atoms with van der Waals surface area (Å²) >= 11 is 5.61. The van der Waals surface area contributed by atoms with Crippen LogP contribution in [0.3, 0.4) is 0 Å². The molecule has 4 heteroatoms. The van der Waals surface area contributed by atoms with Crippen LogP contribution in [0.5, 0.6) is 0 Å². The molecule has 0 saturated carbocycles. The van der Waals surface area contributed by atoms with Crippen molar-refractivity contribution < 1.29 is 9.57 Å². The van der Waals surface area contributed by atoms with E-state index in [1.54, 1.807) is 0 Å². The molecule has 2 rings (SSSR count). The topological polar surface area (TPSA) is 30.8 Å². The van der Waals surface area contributed by atoms with Gasteiger partial charge in [-0.25, -0.2) is 0 Å². The minimum absolute atomic E-state index is 0.131. The molecule has 3 nitrogen and oxygen atoms in total. The van der Waals surface area contributed by atoms with Gasteiger partial charge >= 0.3 is 0 Å². The average molecular weight is 162 g/mol. The van der Waals surface area contributed by atoms with Gasteiger partial charge in [0, 0.05) is 0 Å². The molecule has 10 heavy (non-hydrogen) atoms. The van der Waals surface area contributed by atoms with Crippen molar-refractivity contribution in [3.63, 3.8) is 0 Å². The molecule has 1 fully saturated rings. The van der Waals surface area contributed by atoms with Crippen molar-refractivity contribution in [2.45, 2.75) is 12.7 Å². The standard InChI is InChI=1S/C6H8ClNO2/c7-3-5-4-1-2-9-6(4)10-8-5/h4,6H,1-3H2. The summed E-state index contributed by atoms with van der Waals surface area (Å²) in [5, 5.41) is 3.80. The number of halogens is 1. The lowest BCUT2D eigenvalue weighted by molar-refractivity contribution is -0.106. The van der Waals surface area contributed by atoms with Crippen molar-refractivity contribution in [2.75, 3.05) is 12.5 Å². The van der Waals surface area contributed by atoms with Crippen LogP contribution < -0.4 is 0 Å². The number of hydrogen-bond acceptors (Lipinski definition) is 3. The highest BCUT2D eigenvalue weighted by atomic mass is 35.5. The summed E-state index contributed by atoms with van der Waals surface area (Å²) < 4.78 is 5.21. The van der Waals surface area contributed by atoms with Gasteiger partial charge in [-0.1, -0.05) is 5.16 Å². The second-order valence-corrected chi connectivity index (χ2v) is 2.72. The lowest BCUT2D eigenvalue weighted by Crippen LogP contribution is -2.18. The first kappa shape index (κ1) is 6.43. The molecule has 0 aromatic heterocycles. The number of oxime groups is 1. The van der Waals surface area contributed by atoms with E-state index < -0.39 is 0 Å². The van der Waals surface area contributed by atoms with Crippen LogP contribution in [0.15, 0.2) is 5.16 Å². The molecular formula is C6H8ClNO2.